The molecule has 0 spiro atoms. The maximum Gasteiger partial charge on any atom is 0.527 e. The van der Waals surface area contributed by atoms with E-state index in [1.54, 1.807) is 12.1 Å². The number of allylic oxidation sites excluding steroid dienone is 9. The van der Waals surface area contributed by atoms with E-state index in [1.165, 1.54) is 48.6 Å². The Balaban J connectivity index is 1.90. The van der Waals surface area contributed by atoms with Gasteiger partial charge < -0.3 is 9.84 Å². The van der Waals surface area contributed by atoms with Crippen molar-refractivity contribution in [3.05, 3.63) is 83.0 Å². The van der Waals surface area contributed by atoms with Crippen LogP contribution < -0.4 is 9.84 Å². The smallest absolute Gasteiger partial charge is 0.404 e. The van der Waals surface area contributed by atoms with Gasteiger partial charge in [-0.15, -0.1) is 0 Å². The zero-order valence-electron chi connectivity index (χ0n) is 23.0. The highest BCUT2D eigenvalue weighted by Gasteiger charge is 2.26. The number of phosphoric acid groups is 1. The fourth-order valence-corrected chi connectivity index (χ4v) is 4.95. The van der Waals surface area contributed by atoms with Crippen LogP contribution in [0.1, 0.15) is 73.6 Å². The molecule has 1 aromatic carbocycles. The number of amides is 1. The molecule has 7 heteroatoms. The largest absolute Gasteiger partial charge is 0.527 e. The minimum absolute atomic E-state index is 0.154. The van der Waals surface area contributed by atoms with E-state index in [-0.39, 0.29) is 23.7 Å². The summed E-state index contributed by atoms with van der Waals surface area (Å²) >= 11 is 0. The molecule has 1 atom stereocenters. The summed E-state index contributed by atoms with van der Waals surface area (Å²) in [6, 6.07) is 6.21. The minimum Gasteiger partial charge on any atom is -0.404 e. The topological polar surface area (TPSA) is 84.9 Å². The number of benzene rings is 1. The van der Waals surface area contributed by atoms with Crippen molar-refractivity contribution in [1.82, 2.24) is 0 Å². The molecule has 1 aliphatic carbocycles. The highest BCUT2D eigenvalue weighted by molar-refractivity contribution is 7.47. The molecule has 1 amide bonds. The Morgan fingerprint density at radius 3 is 2.51 bits per heavy atom. The molecule has 0 bridgehead atoms. The van der Waals surface area contributed by atoms with Gasteiger partial charge in [-0.25, -0.2) is 4.57 Å². The van der Waals surface area contributed by atoms with Crippen molar-refractivity contribution in [2.75, 3.05) is 11.9 Å². The number of phosphoric ester groups is 1. The van der Waals surface area contributed by atoms with Crippen molar-refractivity contribution in [2.45, 2.75) is 73.6 Å². The van der Waals surface area contributed by atoms with E-state index >= 15 is 0 Å². The summed E-state index contributed by atoms with van der Waals surface area (Å²) in [5.74, 6) is -0.0845. The first-order valence-corrected chi connectivity index (χ1v) is 14.4. The van der Waals surface area contributed by atoms with Crippen molar-refractivity contribution in [3.63, 3.8) is 0 Å². The summed E-state index contributed by atoms with van der Waals surface area (Å²) in [7, 11) is -4.16. The van der Waals surface area contributed by atoms with Crippen molar-refractivity contribution in [1.29, 1.82) is 0 Å². The van der Waals surface area contributed by atoms with Gasteiger partial charge in [0.1, 0.15) is 5.75 Å². The predicted molar refractivity (Wildman–Crippen MR) is 153 cm³/mol. The predicted octanol–water partition coefficient (Wildman–Crippen LogP) is 8.45. The minimum atomic E-state index is -4.16. The van der Waals surface area contributed by atoms with Gasteiger partial charge in [-0.3, -0.25) is 14.2 Å². The van der Waals surface area contributed by atoms with Gasteiger partial charge in [0.05, 0.1) is 6.61 Å². The molecule has 0 aliphatic heterocycles. The Bertz CT molecular complexity index is 1120. The molecular weight excluding hydrogens is 485 g/mol. The van der Waals surface area contributed by atoms with Crippen LogP contribution in [0.2, 0.25) is 0 Å². The summed E-state index contributed by atoms with van der Waals surface area (Å²) < 4.78 is 21.9. The van der Waals surface area contributed by atoms with E-state index in [0.717, 1.165) is 17.6 Å². The third-order valence-corrected chi connectivity index (χ3v) is 7.18. The fourth-order valence-electron chi connectivity index (χ4n) is 4.15. The molecule has 1 unspecified atom stereocenters. The normalized spacial score (nSPS) is 18.4. The summed E-state index contributed by atoms with van der Waals surface area (Å²) in [5.41, 5.74) is 5.63. The van der Waals surface area contributed by atoms with Crippen LogP contribution in [-0.2, 0) is 13.9 Å². The Kier molecular flexibility index (Phi) is 11.8. The van der Waals surface area contributed by atoms with E-state index in [0.29, 0.717) is 12.1 Å². The first kappa shape index (κ1) is 30.6. The van der Waals surface area contributed by atoms with Gasteiger partial charge >= 0.3 is 7.82 Å². The van der Waals surface area contributed by atoms with Crippen LogP contribution in [-0.4, -0.2) is 17.4 Å². The third kappa shape index (κ3) is 11.1. The number of rotatable bonds is 12. The van der Waals surface area contributed by atoms with Gasteiger partial charge in [-0.1, -0.05) is 68.7 Å². The van der Waals surface area contributed by atoms with E-state index in [1.807, 2.05) is 32.1 Å². The van der Waals surface area contributed by atoms with Crippen molar-refractivity contribution >= 4 is 19.4 Å². The van der Waals surface area contributed by atoms with Crippen LogP contribution in [0.5, 0.6) is 5.75 Å². The number of hydrogen-bond donors (Lipinski definition) is 2. The lowest BCUT2D eigenvalue weighted by Crippen LogP contribution is -2.19. The average Bonchev–Trinajstić information content (AvgIpc) is 2.79. The second-order valence-corrected chi connectivity index (χ2v) is 11.6. The number of hydrogen-bond acceptors (Lipinski definition) is 4. The lowest BCUT2D eigenvalue weighted by atomic mass is 9.72. The van der Waals surface area contributed by atoms with Crippen LogP contribution in [0.15, 0.2) is 83.0 Å². The summed E-state index contributed by atoms with van der Waals surface area (Å²) in [6.07, 6.45) is 17.0. The first-order chi connectivity index (χ1) is 17.4. The molecule has 37 heavy (non-hydrogen) atoms. The van der Waals surface area contributed by atoms with E-state index in [9.17, 15) is 14.3 Å². The number of anilines is 1. The molecule has 0 saturated heterocycles. The lowest BCUT2D eigenvalue weighted by Gasteiger charge is -2.32. The van der Waals surface area contributed by atoms with Gasteiger partial charge in [0.25, 0.3) is 0 Å². The maximum absolute atomic E-state index is 12.4. The van der Waals surface area contributed by atoms with Gasteiger partial charge in [0.15, 0.2) is 0 Å². The second kappa shape index (κ2) is 14.3. The number of unbranched alkanes of at least 4 members (excludes halogenated alkanes) is 1. The molecule has 1 aliphatic rings. The molecular formula is C30H42NO5P. The van der Waals surface area contributed by atoms with Gasteiger partial charge in [-0.2, -0.15) is 0 Å². The Hall–Kier alpha value is -2.66. The van der Waals surface area contributed by atoms with Gasteiger partial charge in [-0.05, 0) is 87.3 Å². The van der Waals surface area contributed by atoms with Crippen LogP contribution in [0.3, 0.4) is 0 Å². The van der Waals surface area contributed by atoms with Crippen LogP contribution in [0.4, 0.5) is 5.69 Å². The molecule has 0 radical (unpaired) electrons. The Labute approximate surface area is 222 Å². The van der Waals surface area contributed by atoms with E-state index in [2.05, 4.69) is 45.2 Å². The number of carbonyl (C=O) groups excluding carboxylic acids is 1. The zero-order valence-corrected chi connectivity index (χ0v) is 23.9. The van der Waals surface area contributed by atoms with Crippen molar-refractivity contribution < 1.29 is 23.3 Å². The molecule has 0 saturated carbocycles. The Morgan fingerprint density at radius 1 is 1.16 bits per heavy atom. The number of nitrogens with one attached hydrogen (secondary N) is 1. The second-order valence-electron chi connectivity index (χ2n) is 10.2. The number of carbonyl (C=O) groups is 1. The van der Waals surface area contributed by atoms with E-state index < -0.39 is 7.82 Å². The average molecular weight is 528 g/mol. The quantitative estimate of drug-likeness (QED) is 0.123. The highest BCUT2D eigenvalue weighted by Crippen LogP contribution is 2.44. The van der Waals surface area contributed by atoms with Crippen molar-refractivity contribution in [3.8, 4) is 5.75 Å². The lowest BCUT2D eigenvalue weighted by molar-refractivity contribution is -0.111. The molecule has 202 valence electrons. The van der Waals surface area contributed by atoms with Crippen LogP contribution in [0, 0.1) is 5.41 Å². The van der Waals surface area contributed by atoms with Crippen molar-refractivity contribution in [2.24, 2.45) is 5.41 Å². The monoisotopic (exact) mass is 527 g/mol. The summed E-state index contributed by atoms with van der Waals surface area (Å²) in [6.45, 7) is 12.9. The standard InChI is InChI=1S/C30H42NO5P/c1-7-8-21-35-37(33,34)36-27-17-15-26(16-18-27)31-29(32)22-24(3)12-9-11-23(2)14-19-28-25(4)13-10-20-30(28,5)6/h9,11-12,14-19,22H,7-8,10,13,20-21H2,1-6H3,(H,31,32)(H,33,34)/b12-9+,19-14+,23-11+,24-22+. The molecule has 2 N–H and O–H groups in total. The summed E-state index contributed by atoms with van der Waals surface area (Å²) in [4.78, 5) is 22.1. The highest BCUT2D eigenvalue weighted by atomic mass is 31.2. The Morgan fingerprint density at radius 2 is 1.86 bits per heavy atom. The molecule has 6 nitrogen and oxygen atoms in total. The molecule has 1 aromatic rings. The molecule has 0 aromatic heterocycles. The van der Waals surface area contributed by atoms with E-state index in [4.69, 9.17) is 9.05 Å². The third-order valence-electron chi connectivity index (χ3n) is 6.23. The van der Waals surface area contributed by atoms with Crippen LogP contribution >= 0.6 is 7.82 Å². The molecule has 2 rings (SSSR count). The SMILES string of the molecule is CCCCOP(=O)(O)Oc1ccc(NC(=O)/C=C(C)/C=C/C=C(C)/C=C/C2=C(C)CCCC2(C)C)cc1. The van der Waals surface area contributed by atoms with Gasteiger partial charge in [0, 0.05) is 11.8 Å². The van der Waals surface area contributed by atoms with Gasteiger partial charge in [0.2, 0.25) is 5.91 Å². The maximum atomic E-state index is 12.4. The molecule has 0 fully saturated rings. The zero-order chi connectivity index (χ0) is 27.5. The fraction of sp³-hybridized carbons (Fsp3) is 0.433. The molecule has 0 heterocycles. The summed E-state index contributed by atoms with van der Waals surface area (Å²) in [5, 5.41) is 2.77. The van der Waals surface area contributed by atoms with Crippen LogP contribution in [0.25, 0.3) is 0 Å². The first-order valence-electron chi connectivity index (χ1n) is 12.9.